The van der Waals surface area contributed by atoms with Crippen molar-refractivity contribution in [3.8, 4) is 0 Å². The summed E-state index contributed by atoms with van der Waals surface area (Å²) >= 11 is 0. The molecule has 0 aromatic rings. The van der Waals surface area contributed by atoms with Crippen molar-refractivity contribution in [2.75, 3.05) is 6.61 Å². The molecule has 0 aromatic carbocycles. The maximum absolute atomic E-state index is 5.58. The van der Waals surface area contributed by atoms with Crippen LogP contribution >= 0.6 is 0 Å². The topological polar surface area (TPSA) is 21.6 Å². The molecule has 1 unspecified atom stereocenters. The van der Waals surface area contributed by atoms with Crippen molar-refractivity contribution in [3.05, 3.63) is 23.8 Å². The van der Waals surface area contributed by atoms with Crippen LogP contribution in [0.25, 0.3) is 0 Å². The van der Waals surface area contributed by atoms with E-state index in [2.05, 4.69) is 44.0 Å². The van der Waals surface area contributed by atoms with Crippen molar-refractivity contribution in [2.24, 2.45) is 10.9 Å². The summed E-state index contributed by atoms with van der Waals surface area (Å²) < 4.78 is 5.58. The molecule has 0 bridgehead atoms. The Hall–Kier alpha value is -1.05. The van der Waals surface area contributed by atoms with Gasteiger partial charge in [-0.05, 0) is 20.8 Å². The molecule has 0 amide bonds. The Morgan fingerprint density at radius 2 is 2.31 bits per heavy atom. The third kappa shape index (κ3) is 1.53. The van der Waals surface area contributed by atoms with Gasteiger partial charge in [0.05, 0.1) is 11.5 Å². The maximum Gasteiger partial charge on any atom is 0.195 e. The lowest BCUT2D eigenvalue weighted by Gasteiger charge is -2.08. The Morgan fingerprint density at radius 3 is 2.77 bits per heavy atom. The van der Waals surface area contributed by atoms with Gasteiger partial charge in [0, 0.05) is 0 Å². The smallest absolute Gasteiger partial charge is 0.195 e. The molecule has 0 spiro atoms. The second-order valence-electron chi connectivity index (χ2n) is 4.32. The molecule has 0 aromatic heterocycles. The van der Waals surface area contributed by atoms with Gasteiger partial charge in [-0.15, -0.1) is 0 Å². The summed E-state index contributed by atoms with van der Waals surface area (Å²) in [5.41, 5.74) is 1.28. The Balaban J connectivity index is 2.20. The Bertz CT molecular complexity index is 310. The molecule has 2 aliphatic rings. The van der Waals surface area contributed by atoms with E-state index < -0.39 is 0 Å². The lowest BCUT2D eigenvalue weighted by atomic mass is 10.0. The Morgan fingerprint density at radius 1 is 1.54 bits per heavy atom. The lowest BCUT2D eigenvalue weighted by Crippen LogP contribution is -2.17. The minimum Gasteiger partial charge on any atom is -0.478 e. The normalized spacial score (nSPS) is 29.9. The molecule has 2 rings (SSSR count). The van der Waals surface area contributed by atoms with Crippen LogP contribution in [-0.2, 0) is 4.74 Å². The van der Waals surface area contributed by atoms with Crippen LogP contribution in [0.1, 0.15) is 20.8 Å². The Labute approximate surface area is 79.0 Å². The molecule has 70 valence electrons. The standard InChI is InChI=1S/C11H15NO/c1-8-5-4-6-9(8)10-12-11(2,3)7-13-10/h4-6,9H,7H2,1-3H3. The summed E-state index contributed by atoms with van der Waals surface area (Å²) in [4.78, 5) is 4.56. The van der Waals surface area contributed by atoms with Crippen LogP contribution in [0.5, 0.6) is 0 Å². The van der Waals surface area contributed by atoms with Crippen molar-refractivity contribution in [3.63, 3.8) is 0 Å². The molecule has 13 heavy (non-hydrogen) atoms. The number of aliphatic imine (C=N–C) groups is 1. The van der Waals surface area contributed by atoms with Gasteiger partial charge in [0.1, 0.15) is 6.61 Å². The summed E-state index contributed by atoms with van der Waals surface area (Å²) in [5.74, 6) is 1.18. The number of rotatable bonds is 1. The fourth-order valence-electron chi connectivity index (χ4n) is 1.62. The Kier molecular flexibility index (Phi) is 1.79. The number of allylic oxidation sites excluding steroid dienone is 2. The van der Waals surface area contributed by atoms with Crippen LogP contribution in [0.2, 0.25) is 0 Å². The van der Waals surface area contributed by atoms with Crippen LogP contribution in [0.3, 0.4) is 0 Å². The molecule has 0 N–H and O–H groups in total. The molecule has 1 aliphatic carbocycles. The van der Waals surface area contributed by atoms with E-state index in [0.717, 1.165) is 5.90 Å². The average Bonchev–Trinajstić information content (AvgIpc) is 2.56. The molecule has 1 aliphatic heterocycles. The highest BCUT2D eigenvalue weighted by atomic mass is 16.5. The highest BCUT2D eigenvalue weighted by molar-refractivity contribution is 5.86. The third-order valence-corrected chi connectivity index (χ3v) is 2.41. The van der Waals surface area contributed by atoms with E-state index in [4.69, 9.17) is 4.74 Å². The van der Waals surface area contributed by atoms with E-state index in [0.29, 0.717) is 12.5 Å². The van der Waals surface area contributed by atoms with E-state index in [-0.39, 0.29) is 5.54 Å². The molecule has 2 nitrogen and oxygen atoms in total. The van der Waals surface area contributed by atoms with Gasteiger partial charge in [-0.2, -0.15) is 0 Å². The maximum atomic E-state index is 5.58. The van der Waals surface area contributed by atoms with Crippen LogP contribution in [0.15, 0.2) is 28.8 Å². The van der Waals surface area contributed by atoms with Gasteiger partial charge in [-0.3, -0.25) is 0 Å². The molecule has 1 heterocycles. The SMILES string of the molecule is CC1=CC=CC1C1=NC(C)(C)CO1. The molecular weight excluding hydrogens is 162 g/mol. The fraction of sp³-hybridized carbons (Fsp3) is 0.545. The van der Waals surface area contributed by atoms with Gasteiger partial charge in [0.25, 0.3) is 0 Å². The van der Waals surface area contributed by atoms with Gasteiger partial charge in [-0.25, -0.2) is 4.99 Å². The van der Waals surface area contributed by atoms with Gasteiger partial charge in [-0.1, -0.05) is 23.8 Å². The first-order valence-electron chi connectivity index (χ1n) is 4.66. The van der Waals surface area contributed by atoms with Crippen LogP contribution in [0.4, 0.5) is 0 Å². The molecule has 1 atom stereocenters. The molecular formula is C11H15NO. The molecule has 0 saturated carbocycles. The second kappa shape index (κ2) is 2.72. The summed E-state index contributed by atoms with van der Waals surface area (Å²) in [5, 5.41) is 0. The highest BCUT2D eigenvalue weighted by Crippen LogP contribution is 2.27. The van der Waals surface area contributed by atoms with E-state index in [1.165, 1.54) is 5.57 Å². The zero-order chi connectivity index (χ0) is 9.47. The van der Waals surface area contributed by atoms with Gasteiger partial charge in [0.15, 0.2) is 5.90 Å². The predicted molar refractivity (Wildman–Crippen MR) is 53.9 cm³/mol. The monoisotopic (exact) mass is 177 g/mol. The van der Waals surface area contributed by atoms with Gasteiger partial charge < -0.3 is 4.74 Å². The van der Waals surface area contributed by atoms with E-state index in [1.807, 2.05) is 0 Å². The number of ether oxygens (including phenoxy) is 1. The number of hydrogen-bond donors (Lipinski definition) is 0. The molecule has 2 heteroatoms. The van der Waals surface area contributed by atoms with Crippen molar-refractivity contribution in [1.82, 2.24) is 0 Å². The third-order valence-electron chi connectivity index (χ3n) is 2.41. The second-order valence-corrected chi connectivity index (χ2v) is 4.32. The zero-order valence-corrected chi connectivity index (χ0v) is 8.37. The minimum atomic E-state index is -0.0357. The lowest BCUT2D eigenvalue weighted by molar-refractivity contribution is 0.271. The fourth-order valence-corrected chi connectivity index (χ4v) is 1.62. The quantitative estimate of drug-likeness (QED) is 0.602. The van der Waals surface area contributed by atoms with E-state index >= 15 is 0 Å². The summed E-state index contributed by atoms with van der Waals surface area (Å²) in [6.45, 7) is 7.01. The van der Waals surface area contributed by atoms with E-state index in [1.54, 1.807) is 0 Å². The first kappa shape index (κ1) is 8.54. The van der Waals surface area contributed by atoms with Crippen molar-refractivity contribution in [1.29, 1.82) is 0 Å². The van der Waals surface area contributed by atoms with Crippen molar-refractivity contribution in [2.45, 2.75) is 26.3 Å². The minimum absolute atomic E-state index is 0.0357. The van der Waals surface area contributed by atoms with Gasteiger partial charge >= 0.3 is 0 Å². The summed E-state index contributed by atoms with van der Waals surface area (Å²) in [7, 11) is 0. The predicted octanol–water partition coefficient (Wildman–Crippen LogP) is 2.33. The van der Waals surface area contributed by atoms with Crippen molar-refractivity contribution < 1.29 is 4.74 Å². The molecule has 0 radical (unpaired) electrons. The molecule has 0 fully saturated rings. The number of hydrogen-bond acceptors (Lipinski definition) is 2. The highest BCUT2D eigenvalue weighted by Gasteiger charge is 2.31. The first-order chi connectivity index (χ1) is 6.08. The average molecular weight is 177 g/mol. The number of nitrogens with zero attached hydrogens (tertiary/aromatic N) is 1. The summed E-state index contributed by atoms with van der Waals surface area (Å²) in [6.07, 6.45) is 6.31. The van der Waals surface area contributed by atoms with Crippen LogP contribution in [0, 0.1) is 5.92 Å². The zero-order valence-electron chi connectivity index (χ0n) is 8.37. The van der Waals surface area contributed by atoms with Crippen LogP contribution in [-0.4, -0.2) is 18.0 Å². The van der Waals surface area contributed by atoms with E-state index in [9.17, 15) is 0 Å². The van der Waals surface area contributed by atoms with Crippen molar-refractivity contribution >= 4 is 5.90 Å². The first-order valence-corrected chi connectivity index (χ1v) is 4.66. The van der Waals surface area contributed by atoms with Gasteiger partial charge in [0.2, 0.25) is 0 Å². The molecule has 0 saturated heterocycles. The van der Waals surface area contributed by atoms with Crippen LogP contribution < -0.4 is 0 Å². The largest absolute Gasteiger partial charge is 0.478 e. The summed E-state index contributed by atoms with van der Waals surface area (Å²) in [6, 6.07) is 0.